The molecule has 1 aromatic rings. The first-order chi connectivity index (χ1) is 8.65. The Bertz CT molecular complexity index is 402. The maximum absolute atomic E-state index is 14.1. The lowest BCUT2D eigenvalue weighted by Crippen LogP contribution is -2.29. The molecular formula is C16H24FN. The lowest BCUT2D eigenvalue weighted by Gasteiger charge is -2.36. The third-order valence-corrected chi connectivity index (χ3v) is 4.53. The lowest BCUT2D eigenvalue weighted by atomic mass is 9.70. The van der Waals surface area contributed by atoms with Gasteiger partial charge in [0.15, 0.2) is 0 Å². The summed E-state index contributed by atoms with van der Waals surface area (Å²) in [5, 5.41) is 0. The van der Waals surface area contributed by atoms with Crippen molar-refractivity contribution in [2.24, 2.45) is 17.6 Å². The summed E-state index contributed by atoms with van der Waals surface area (Å²) >= 11 is 0. The van der Waals surface area contributed by atoms with Crippen LogP contribution in [0.2, 0.25) is 0 Å². The molecule has 0 saturated heterocycles. The molecule has 1 fully saturated rings. The van der Waals surface area contributed by atoms with Crippen molar-refractivity contribution in [3.8, 4) is 0 Å². The van der Waals surface area contributed by atoms with Crippen LogP contribution in [0, 0.1) is 24.6 Å². The van der Waals surface area contributed by atoms with Crippen molar-refractivity contribution in [3.63, 3.8) is 0 Å². The van der Waals surface area contributed by atoms with E-state index in [0.29, 0.717) is 18.4 Å². The minimum Gasteiger partial charge on any atom is -0.330 e. The highest BCUT2D eigenvalue weighted by Gasteiger charge is 2.31. The van der Waals surface area contributed by atoms with Gasteiger partial charge in [0, 0.05) is 0 Å². The van der Waals surface area contributed by atoms with Gasteiger partial charge in [0.2, 0.25) is 0 Å². The third kappa shape index (κ3) is 2.74. The topological polar surface area (TPSA) is 26.0 Å². The Hall–Kier alpha value is -0.890. The van der Waals surface area contributed by atoms with Crippen LogP contribution in [0.25, 0.3) is 0 Å². The normalized spacial score (nSPS) is 28.3. The average Bonchev–Trinajstić information content (AvgIpc) is 2.40. The van der Waals surface area contributed by atoms with E-state index in [1.807, 2.05) is 19.1 Å². The molecule has 0 spiro atoms. The maximum Gasteiger partial charge on any atom is 0.126 e. The Morgan fingerprint density at radius 3 is 2.78 bits per heavy atom. The van der Waals surface area contributed by atoms with Gasteiger partial charge in [0.25, 0.3) is 0 Å². The van der Waals surface area contributed by atoms with Gasteiger partial charge in [0.05, 0.1) is 0 Å². The highest BCUT2D eigenvalue weighted by molar-refractivity contribution is 5.28. The number of aryl methyl sites for hydroxylation is 1. The number of halogens is 1. The minimum atomic E-state index is -0.0548. The van der Waals surface area contributed by atoms with Crippen LogP contribution in [0.1, 0.15) is 49.7 Å². The summed E-state index contributed by atoms with van der Waals surface area (Å²) in [6.45, 7) is 4.94. The Kier molecular flexibility index (Phi) is 4.39. The molecule has 1 nitrogen and oxygen atoms in total. The van der Waals surface area contributed by atoms with Gasteiger partial charge >= 0.3 is 0 Å². The first kappa shape index (κ1) is 13.5. The van der Waals surface area contributed by atoms with Gasteiger partial charge in [0.1, 0.15) is 5.82 Å². The average molecular weight is 249 g/mol. The van der Waals surface area contributed by atoms with E-state index >= 15 is 0 Å². The van der Waals surface area contributed by atoms with Crippen LogP contribution in [0.15, 0.2) is 18.2 Å². The van der Waals surface area contributed by atoms with Crippen molar-refractivity contribution in [2.75, 3.05) is 6.54 Å². The van der Waals surface area contributed by atoms with Gasteiger partial charge in [-0.15, -0.1) is 0 Å². The predicted molar refractivity (Wildman–Crippen MR) is 74.1 cm³/mol. The van der Waals surface area contributed by atoms with Crippen LogP contribution in [0.3, 0.4) is 0 Å². The zero-order valence-corrected chi connectivity index (χ0v) is 11.5. The van der Waals surface area contributed by atoms with E-state index < -0.39 is 0 Å². The van der Waals surface area contributed by atoms with E-state index in [1.165, 1.54) is 12.8 Å². The number of hydrogen-bond donors (Lipinski definition) is 1. The molecule has 1 aromatic carbocycles. The predicted octanol–water partition coefficient (Wildman–Crippen LogP) is 4.00. The van der Waals surface area contributed by atoms with Crippen molar-refractivity contribution in [3.05, 3.63) is 35.1 Å². The Morgan fingerprint density at radius 1 is 1.33 bits per heavy atom. The maximum atomic E-state index is 14.1. The summed E-state index contributed by atoms with van der Waals surface area (Å²) in [5.74, 6) is 1.44. The number of benzene rings is 1. The smallest absolute Gasteiger partial charge is 0.126 e. The van der Waals surface area contributed by atoms with Crippen LogP contribution in [0.5, 0.6) is 0 Å². The second-order valence-electron chi connectivity index (χ2n) is 5.71. The largest absolute Gasteiger partial charge is 0.330 e. The molecule has 3 unspecified atom stereocenters. The first-order valence-electron chi connectivity index (χ1n) is 7.11. The fourth-order valence-corrected chi connectivity index (χ4v) is 3.30. The van der Waals surface area contributed by atoms with E-state index in [1.54, 1.807) is 6.07 Å². The second-order valence-corrected chi connectivity index (χ2v) is 5.71. The van der Waals surface area contributed by atoms with Gasteiger partial charge in [-0.1, -0.05) is 37.5 Å². The van der Waals surface area contributed by atoms with Crippen molar-refractivity contribution >= 4 is 0 Å². The van der Waals surface area contributed by atoms with E-state index in [4.69, 9.17) is 5.73 Å². The summed E-state index contributed by atoms with van der Waals surface area (Å²) in [6.07, 6.45) is 4.69. The second kappa shape index (κ2) is 5.83. The zero-order chi connectivity index (χ0) is 13.1. The summed E-state index contributed by atoms with van der Waals surface area (Å²) < 4.78 is 14.1. The van der Waals surface area contributed by atoms with E-state index in [9.17, 15) is 4.39 Å². The van der Waals surface area contributed by atoms with Crippen LogP contribution < -0.4 is 5.73 Å². The molecule has 0 aliphatic heterocycles. The van der Waals surface area contributed by atoms with Gasteiger partial charge in [-0.2, -0.15) is 0 Å². The van der Waals surface area contributed by atoms with Crippen LogP contribution >= 0.6 is 0 Å². The highest BCUT2D eigenvalue weighted by atomic mass is 19.1. The Labute approximate surface area is 110 Å². The number of rotatable bonds is 3. The van der Waals surface area contributed by atoms with Gasteiger partial charge in [-0.25, -0.2) is 4.39 Å². The molecule has 3 atom stereocenters. The molecule has 0 heterocycles. The van der Waals surface area contributed by atoms with Crippen LogP contribution in [0.4, 0.5) is 4.39 Å². The summed E-state index contributed by atoms with van der Waals surface area (Å²) in [7, 11) is 0. The molecule has 0 radical (unpaired) electrons. The van der Waals surface area contributed by atoms with Crippen molar-refractivity contribution in [1.29, 1.82) is 0 Å². The zero-order valence-electron chi connectivity index (χ0n) is 11.5. The first-order valence-corrected chi connectivity index (χ1v) is 7.11. The molecule has 1 aliphatic rings. The molecule has 0 bridgehead atoms. The van der Waals surface area contributed by atoms with E-state index in [0.717, 1.165) is 29.9 Å². The molecule has 18 heavy (non-hydrogen) atoms. The SMILES string of the molecule is CCC1CCC(CN)C(c2cc(C)ccc2F)C1. The lowest BCUT2D eigenvalue weighted by molar-refractivity contribution is 0.232. The van der Waals surface area contributed by atoms with Crippen molar-refractivity contribution in [1.82, 2.24) is 0 Å². The molecule has 1 aliphatic carbocycles. The fourth-order valence-electron chi connectivity index (χ4n) is 3.30. The van der Waals surface area contributed by atoms with Crippen molar-refractivity contribution < 1.29 is 4.39 Å². The highest BCUT2D eigenvalue weighted by Crippen LogP contribution is 2.42. The van der Waals surface area contributed by atoms with Gasteiger partial charge in [-0.3, -0.25) is 0 Å². The molecular weight excluding hydrogens is 225 g/mol. The quantitative estimate of drug-likeness (QED) is 0.860. The summed E-state index contributed by atoms with van der Waals surface area (Å²) in [5.41, 5.74) is 7.92. The van der Waals surface area contributed by atoms with E-state index in [2.05, 4.69) is 6.92 Å². The number of hydrogen-bond acceptors (Lipinski definition) is 1. The fraction of sp³-hybridized carbons (Fsp3) is 0.625. The van der Waals surface area contributed by atoms with E-state index in [-0.39, 0.29) is 5.82 Å². The molecule has 0 aromatic heterocycles. The summed E-state index contributed by atoms with van der Waals surface area (Å²) in [4.78, 5) is 0. The van der Waals surface area contributed by atoms with Crippen molar-refractivity contribution in [2.45, 2.75) is 45.4 Å². The van der Waals surface area contributed by atoms with Crippen LogP contribution in [-0.4, -0.2) is 6.54 Å². The number of nitrogens with two attached hydrogens (primary N) is 1. The summed E-state index contributed by atoms with van der Waals surface area (Å²) in [6, 6.07) is 5.46. The van der Waals surface area contributed by atoms with Gasteiger partial charge in [-0.05, 0) is 55.7 Å². The Morgan fingerprint density at radius 2 is 2.11 bits per heavy atom. The minimum absolute atomic E-state index is 0.0548. The Balaban J connectivity index is 2.29. The molecule has 2 N–H and O–H groups in total. The molecule has 2 heteroatoms. The van der Waals surface area contributed by atoms with Crippen LogP contribution in [-0.2, 0) is 0 Å². The third-order valence-electron chi connectivity index (χ3n) is 4.53. The monoisotopic (exact) mass is 249 g/mol. The molecule has 100 valence electrons. The molecule has 0 amide bonds. The molecule has 1 saturated carbocycles. The van der Waals surface area contributed by atoms with Gasteiger partial charge < -0.3 is 5.73 Å². The molecule has 2 rings (SSSR count). The standard InChI is InChI=1S/C16H24FN/c1-3-12-5-6-13(10-18)14(9-12)15-8-11(2)4-7-16(15)17/h4,7-8,12-14H,3,5-6,9-10,18H2,1-2H3.